The van der Waals surface area contributed by atoms with Gasteiger partial charge in [-0.2, -0.15) is 0 Å². The molecule has 2 N–H and O–H groups in total. The first-order valence-electron chi connectivity index (χ1n) is 10.5. The predicted molar refractivity (Wildman–Crippen MR) is 126 cm³/mol. The third-order valence-corrected chi connectivity index (χ3v) is 7.65. The van der Waals surface area contributed by atoms with Crippen LogP contribution in [0.1, 0.15) is 22.3 Å². The van der Waals surface area contributed by atoms with Gasteiger partial charge in [0.1, 0.15) is 21.3 Å². The van der Waals surface area contributed by atoms with Gasteiger partial charge in [-0.1, -0.05) is 12.1 Å². The Balaban J connectivity index is 1.65. The fraction of sp³-hybridized carbons (Fsp3) is 0.389. The summed E-state index contributed by atoms with van der Waals surface area (Å²) < 4.78 is 57.3. The zero-order valence-corrected chi connectivity index (χ0v) is 20.2. The zero-order chi connectivity index (χ0) is 25.8. The van der Waals surface area contributed by atoms with Crippen molar-refractivity contribution in [1.82, 2.24) is 9.55 Å². The Morgan fingerprint density at radius 1 is 1.40 bits per heavy atom. The van der Waals surface area contributed by atoms with Crippen LogP contribution in [0.5, 0.6) is 11.5 Å². The Hall–Kier alpha value is -2.64. The van der Waals surface area contributed by atoms with Crippen molar-refractivity contribution in [2.24, 2.45) is 0 Å². The molecule has 17 heteroatoms. The molecule has 2 aliphatic rings. The summed E-state index contributed by atoms with van der Waals surface area (Å²) in [5.41, 5.74) is -3.95. The van der Waals surface area contributed by atoms with Crippen molar-refractivity contribution in [3.05, 3.63) is 56.4 Å². The minimum atomic E-state index is -4.41. The lowest BCUT2D eigenvalue weighted by Gasteiger charge is -2.41. The highest BCUT2D eigenvalue weighted by molar-refractivity contribution is 7.49. The second-order valence-electron chi connectivity index (χ2n) is 8.80. The molecule has 4 atom stereocenters. The van der Waals surface area contributed by atoms with Gasteiger partial charge in [0, 0.05) is 18.2 Å². The number of carbonyl (C=O) groups excluding carboxylic acids is 1. The molecule has 12 nitrogen and oxygen atoms in total. The molecule has 0 spiro atoms. The molecular formula is C18H21B3FN2O10P. The number of phosphoric acid groups is 1. The number of rotatable bonds is 6. The summed E-state index contributed by atoms with van der Waals surface area (Å²) in [6, 6.07) is 4.93. The molecule has 0 aliphatic carbocycles. The number of aliphatic hydroxyl groups excluding tert-OH is 1. The number of benzene rings is 1. The standard InChI is InChI=1S/C18H21B3FN2O10P/c1-30-11-4-2-3-9-8-31-35(29,32-13(9)11)34-18(20,21)16(22)5-12(26)17(19,33-16)24-6-10(7-25)14(27)23-15(24)28/h2-4,6-7,12,26H,5,8,19-21H2,1H3,(H,23,27,28)/t12-,16+,17+,35?/m1/s1. The van der Waals surface area contributed by atoms with E-state index in [1.54, 1.807) is 18.2 Å². The molecule has 0 bridgehead atoms. The quantitative estimate of drug-likeness (QED) is 0.248. The van der Waals surface area contributed by atoms with Crippen LogP contribution in [0, 0.1) is 0 Å². The molecule has 3 heterocycles. The summed E-state index contributed by atoms with van der Waals surface area (Å²) in [5, 5.41) is 8.66. The maximum absolute atomic E-state index is 16.3. The molecule has 0 saturated carbocycles. The van der Waals surface area contributed by atoms with Gasteiger partial charge in [-0.3, -0.25) is 28.2 Å². The van der Waals surface area contributed by atoms with Crippen LogP contribution in [-0.2, 0) is 30.6 Å². The number of hydrogen-bond donors (Lipinski definition) is 2. The number of methoxy groups -OCH3 is 1. The summed E-state index contributed by atoms with van der Waals surface area (Å²) in [6.07, 6.45) is -1.31. The number of nitrogens with zero attached hydrogens (tertiary/aromatic N) is 1. The molecule has 2 aliphatic heterocycles. The van der Waals surface area contributed by atoms with Crippen molar-refractivity contribution >= 4 is 37.6 Å². The summed E-state index contributed by atoms with van der Waals surface area (Å²) in [5.74, 6) is -2.44. The summed E-state index contributed by atoms with van der Waals surface area (Å²) in [4.78, 5) is 37.2. The highest BCUT2D eigenvalue weighted by Gasteiger charge is 2.63. The lowest BCUT2D eigenvalue weighted by molar-refractivity contribution is -0.219. The fourth-order valence-corrected chi connectivity index (χ4v) is 5.54. The number of phosphoric ester groups is 1. The maximum atomic E-state index is 16.3. The first-order valence-corrected chi connectivity index (χ1v) is 11.9. The van der Waals surface area contributed by atoms with Crippen molar-refractivity contribution in [3.63, 3.8) is 0 Å². The van der Waals surface area contributed by atoms with E-state index in [0.29, 0.717) is 10.1 Å². The van der Waals surface area contributed by atoms with Gasteiger partial charge >= 0.3 is 13.5 Å². The Bertz CT molecular complexity index is 1340. The van der Waals surface area contributed by atoms with Crippen LogP contribution in [0.2, 0.25) is 0 Å². The van der Waals surface area contributed by atoms with Gasteiger partial charge in [0.2, 0.25) is 5.85 Å². The number of ether oxygens (including phenoxy) is 2. The third kappa shape index (κ3) is 4.19. The maximum Gasteiger partial charge on any atom is 0.529 e. The van der Waals surface area contributed by atoms with Crippen LogP contribution >= 0.6 is 7.82 Å². The Labute approximate surface area is 200 Å². The summed E-state index contributed by atoms with van der Waals surface area (Å²) in [6.45, 7) is -0.165. The molecule has 4 rings (SSSR count). The van der Waals surface area contributed by atoms with Crippen LogP contribution in [0.4, 0.5) is 4.39 Å². The second kappa shape index (κ2) is 8.49. The number of alkyl halides is 1. The number of aromatic amines is 1. The smallest absolute Gasteiger partial charge is 0.493 e. The number of H-pyrrole nitrogens is 1. The van der Waals surface area contributed by atoms with Crippen LogP contribution in [0.15, 0.2) is 34.0 Å². The number of carbonyl (C=O) groups is 1. The Kier molecular flexibility index (Phi) is 6.17. The molecule has 1 fully saturated rings. The molecule has 184 valence electrons. The normalized spacial score (nSPS) is 30.3. The van der Waals surface area contributed by atoms with Gasteiger partial charge in [0.15, 0.2) is 25.6 Å². The van der Waals surface area contributed by atoms with E-state index in [0.717, 1.165) is 6.20 Å². The highest BCUT2D eigenvalue weighted by atomic mass is 31.2. The molecule has 1 aromatic heterocycles. The number of nitrogens with one attached hydrogen (secondary N) is 1. The van der Waals surface area contributed by atoms with Crippen LogP contribution in [-0.4, -0.2) is 69.0 Å². The van der Waals surface area contributed by atoms with Crippen molar-refractivity contribution in [2.45, 2.75) is 36.0 Å². The molecule has 1 unspecified atom stereocenters. The van der Waals surface area contributed by atoms with E-state index in [-0.39, 0.29) is 24.4 Å². The van der Waals surface area contributed by atoms with Crippen molar-refractivity contribution < 1.29 is 41.9 Å². The zero-order valence-electron chi connectivity index (χ0n) is 19.3. The summed E-state index contributed by atoms with van der Waals surface area (Å²) >= 11 is 0. The molecule has 2 aromatic rings. The second-order valence-corrected chi connectivity index (χ2v) is 10.3. The summed E-state index contributed by atoms with van der Waals surface area (Å²) in [7, 11) is 0.600. The molecule has 1 aromatic carbocycles. The highest BCUT2D eigenvalue weighted by Crippen LogP contribution is 2.60. The minimum absolute atomic E-state index is 0.117. The number of aldehydes is 1. The van der Waals surface area contributed by atoms with Gasteiger partial charge in [0.25, 0.3) is 5.56 Å². The first-order chi connectivity index (χ1) is 16.3. The first kappa shape index (κ1) is 25.5. The molecule has 0 amide bonds. The number of aromatic nitrogens is 2. The van der Waals surface area contributed by atoms with E-state index >= 15 is 4.39 Å². The Morgan fingerprint density at radius 3 is 2.77 bits per heavy atom. The minimum Gasteiger partial charge on any atom is -0.493 e. The van der Waals surface area contributed by atoms with Crippen molar-refractivity contribution in [1.29, 1.82) is 0 Å². The molecule has 1 saturated heterocycles. The van der Waals surface area contributed by atoms with E-state index in [2.05, 4.69) is 0 Å². The molecular weight excluding hydrogens is 487 g/mol. The molecule has 0 radical (unpaired) electrons. The van der Waals surface area contributed by atoms with Crippen molar-refractivity contribution in [3.8, 4) is 11.5 Å². The van der Waals surface area contributed by atoms with E-state index in [4.69, 9.17) is 23.0 Å². The molecule has 35 heavy (non-hydrogen) atoms. The van der Waals surface area contributed by atoms with Gasteiger partial charge in [-0.05, 0) is 6.07 Å². The number of fused-ring (bicyclic) bond motifs is 1. The average Bonchev–Trinajstić information content (AvgIpc) is 3.03. The van der Waals surface area contributed by atoms with Crippen LogP contribution < -0.4 is 20.5 Å². The SMILES string of the molecule is BC(B)(OP1(=O)OCc2cccc(OC)c2O1)[C@]1(F)C[C@@H](O)[C@](B)(n2cc(C=O)c(=O)[nH]c2=O)O1. The van der Waals surface area contributed by atoms with Gasteiger partial charge in [0.05, 0.1) is 30.8 Å². The lowest BCUT2D eigenvalue weighted by atomic mass is 9.60. The van der Waals surface area contributed by atoms with E-state index < -0.39 is 54.0 Å². The van der Waals surface area contributed by atoms with E-state index in [1.807, 2.05) is 4.98 Å². The van der Waals surface area contributed by atoms with Gasteiger partial charge < -0.3 is 19.1 Å². The van der Waals surface area contributed by atoms with Crippen molar-refractivity contribution in [2.75, 3.05) is 7.11 Å². The number of halogens is 1. The largest absolute Gasteiger partial charge is 0.529 e. The van der Waals surface area contributed by atoms with Crippen LogP contribution in [0.25, 0.3) is 0 Å². The predicted octanol–water partition coefficient (Wildman–Crippen LogP) is -2.30. The third-order valence-electron chi connectivity index (χ3n) is 6.12. The monoisotopic (exact) mass is 508 g/mol. The Morgan fingerprint density at radius 2 is 2.11 bits per heavy atom. The lowest BCUT2D eigenvalue weighted by Crippen LogP contribution is -2.56. The fourth-order valence-electron chi connectivity index (χ4n) is 3.97. The topological polar surface area (TPSA) is 155 Å². The number of para-hydroxylation sites is 1. The van der Waals surface area contributed by atoms with Gasteiger partial charge in [-0.25, -0.2) is 13.8 Å². The average molecular weight is 508 g/mol. The van der Waals surface area contributed by atoms with E-state index in [9.17, 15) is 24.1 Å². The number of hydrogen-bond acceptors (Lipinski definition) is 10. The van der Waals surface area contributed by atoms with E-state index in [1.165, 1.54) is 30.6 Å². The van der Waals surface area contributed by atoms with Gasteiger partial charge in [-0.15, -0.1) is 0 Å². The number of aliphatic hydroxyl groups is 1. The van der Waals surface area contributed by atoms with Crippen LogP contribution in [0.3, 0.4) is 0 Å².